The van der Waals surface area contributed by atoms with E-state index in [2.05, 4.69) is 4.98 Å². The summed E-state index contributed by atoms with van der Waals surface area (Å²) in [6, 6.07) is 2.82. The van der Waals surface area contributed by atoms with Crippen LogP contribution in [0.25, 0.3) is 11.0 Å². The van der Waals surface area contributed by atoms with Gasteiger partial charge in [0.15, 0.2) is 11.6 Å². The van der Waals surface area contributed by atoms with Gasteiger partial charge in [-0.05, 0) is 6.92 Å². The highest BCUT2D eigenvalue weighted by molar-refractivity contribution is 6.16. The van der Waals surface area contributed by atoms with Crippen molar-refractivity contribution in [3.63, 3.8) is 0 Å². The first-order valence-corrected chi connectivity index (χ1v) is 7.07. The van der Waals surface area contributed by atoms with Crippen LogP contribution in [0.5, 0.6) is 5.75 Å². The van der Waals surface area contributed by atoms with Gasteiger partial charge in [-0.3, -0.25) is 4.79 Å². The summed E-state index contributed by atoms with van der Waals surface area (Å²) < 4.78 is 20.4. The van der Waals surface area contributed by atoms with Gasteiger partial charge in [-0.2, -0.15) is 0 Å². The smallest absolute Gasteiger partial charge is 0.242 e. The third kappa shape index (κ3) is 2.95. The highest BCUT2D eigenvalue weighted by Gasteiger charge is 2.17. The SMILES string of the molecule is CCN(C)C(=O)Cn1c(CCl)nc2cc(F)c(OC)cc21. The second-order valence-electron chi connectivity index (χ2n) is 4.63. The molecule has 0 spiro atoms. The molecule has 21 heavy (non-hydrogen) atoms. The minimum Gasteiger partial charge on any atom is -0.494 e. The number of methoxy groups -OCH3 is 1. The van der Waals surface area contributed by atoms with Gasteiger partial charge in [-0.15, -0.1) is 11.6 Å². The average molecular weight is 314 g/mol. The number of rotatable bonds is 5. The number of likely N-dealkylation sites (N-methyl/N-ethyl adjacent to an activating group) is 1. The molecule has 114 valence electrons. The van der Waals surface area contributed by atoms with Crippen molar-refractivity contribution in [3.8, 4) is 5.75 Å². The largest absolute Gasteiger partial charge is 0.494 e. The lowest BCUT2D eigenvalue weighted by atomic mass is 10.3. The fourth-order valence-corrected chi connectivity index (χ4v) is 2.25. The third-order valence-electron chi connectivity index (χ3n) is 3.41. The lowest BCUT2D eigenvalue weighted by Crippen LogP contribution is -2.30. The van der Waals surface area contributed by atoms with Crippen LogP contribution in [0.15, 0.2) is 12.1 Å². The number of ether oxygens (including phenoxy) is 1. The first kappa shape index (κ1) is 15.6. The molecule has 0 saturated carbocycles. The van der Waals surface area contributed by atoms with Crippen molar-refractivity contribution >= 4 is 28.5 Å². The van der Waals surface area contributed by atoms with Gasteiger partial charge in [0.05, 0.1) is 24.0 Å². The molecule has 2 aromatic rings. The molecule has 1 heterocycles. The Morgan fingerprint density at radius 3 is 2.81 bits per heavy atom. The molecular weight excluding hydrogens is 297 g/mol. The Hall–Kier alpha value is -1.82. The number of carbonyl (C=O) groups excluding carboxylic acids is 1. The number of hydrogen-bond donors (Lipinski definition) is 0. The van der Waals surface area contributed by atoms with Crippen molar-refractivity contribution in [1.82, 2.24) is 14.5 Å². The van der Waals surface area contributed by atoms with Crippen molar-refractivity contribution < 1.29 is 13.9 Å². The standard InChI is InChI=1S/C14H17ClFN3O2/c1-4-18(2)14(20)8-19-11-6-12(21-3)9(16)5-10(11)17-13(19)7-15/h5-6H,4,7-8H2,1-3H3. The monoisotopic (exact) mass is 313 g/mol. The maximum absolute atomic E-state index is 13.7. The molecule has 1 aromatic heterocycles. The Labute approximate surface area is 127 Å². The molecule has 1 amide bonds. The van der Waals surface area contributed by atoms with E-state index in [1.54, 1.807) is 16.5 Å². The zero-order chi connectivity index (χ0) is 15.6. The molecule has 0 aliphatic heterocycles. The van der Waals surface area contributed by atoms with Crippen LogP contribution in [-0.4, -0.2) is 41.1 Å². The number of benzene rings is 1. The molecule has 7 heteroatoms. The van der Waals surface area contributed by atoms with Crippen LogP contribution in [0.4, 0.5) is 4.39 Å². The molecular formula is C14H17ClFN3O2. The second kappa shape index (κ2) is 6.30. The maximum Gasteiger partial charge on any atom is 0.242 e. The Kier molecular flexibility index (Phi) is 4.67. The van der Waals surface area contributed by atoms with E-state index < -0.39 is 5.82 Å². The number of halogens is 2. The summed E-state index contributed by atoms with van der Waals surface area (Å²) in [6.45, 7) is 2.61. The summed E-state index contributed by atoms with van der Waals surface area (Å²) in [4.78, 5) is 18.0. The van der Waals surface area contributed by atoms with Crippen molar-refractivity contribution in [3.05, 3.63) is 23.8 Å². The van der Waals surface area contributed by atoms with Crippen LogP contribution in [0, 0.1) is 5.82 Å². The van der Waals surface area contributed by atoms with Crippen LogP contribution in [0.3, 0.4) is 0 Å². The molecule has 0 radical (unpaired) electrons. The van der Waals surface area contributed by atoms with Gasteiger partial charge in [0.25, 0.3) is 0 Å². The Morgan fingerprint density at radius 2 is 2.24 bits per heavy atom. The fourth-order valence-electron chi connectivity index (χ4n) is 2.04. The van der Waals surface area contributed by atoms with Gasteiger partial charge in [0, 0.05) is 25.7 Å². The van der Waals surface area contributed by atoms with Crippen molar-refractivity contribution in [2.45, 2.75) is 19.3 Å². The Morgan fingerprint density at radius 1 is 1.52 bits per heavy atom. The first-order chi connectivity index (χ1) is 10.0. The third-order valence-corrected chi connectivity index (χ3v) is 3.65. The molecule has 2 rings (SSSR count). The van der Waals surface area contributed by atoms with Crippen molar-refractivity contribution in [2.24, 2.45) is 0 Å². The first-order valence-electron chi connectivity index (χ1n) is 6.54. The van der Waals surface area contributed by atoms with Gasteiger partial charge in [0.1, 0.15) is 12.4 Å². The quantitative estimate of drug-likeness (QED) is 0.796. The van der Waals surface area contributed by atoms with E-state index in [1.807, 2.05) is 6.92 Å². The van der Waals surface area contributed by atoms with Gasteiger partial charge in [-0.1, -0.05) is 0 Å². The molecule has 0 aliphatic carbocycles. The van der Waals surface area contributed by atoms with Crippen LogP contribution in [-0.2, 0) is 17.2 Å². The number of nitrogens with zero attached hydrogens (tertiary/aromatic N) is 3. The summed E-state index contributed by atoms with van der Waals surface area (Å²) in [5.74, 6) is 0.222. The minimum atomic E-state index is -0.493. The van der Waals surface area contributed by atoms with Gasteiger partial charge in [-0.25, -0.2) is 9.37 Å². The number of hydrogen-bond acceptors (Lipinski definition) is 3. The molecule has 0 aliphatic rings. The van der Waals surface area contributed by atoms with Gasteiger partial charge in [0.2, 0.25) is 5.91 Å². The zero-order valence-electron chi connectivity index (χ0n) is 12.2. The molecule has 5 nitrogen and oxygen atoms in total. The van der Waals surface area contributed by atoms with Gasteiger partial charge < -0.3 is 14.2 Å². The molecule has 0 unspecified atom stereocenters. The number of aromatic nitrogens is 2. The summed E-state index contributed by atoms with van der Waals surface area (Å²) >= 11 is 5.88. The van der Waals surface area contributed by atoms with E-state index in [9.17, 15) is 9.18 Å². The molecule has 0 bridgehead atoms. The second-order valence-corrected chi connectivity index (χ2v) is 4.90. The zero-order valence-corrected chi connectivity index (χ0v) is 12.9. The maximum atomic E-state index is 13.7. The predicted molar refractivity (Wildman–Crippen MR) is 79.1 cm³/mol. The summed E-state index contributed by atoms with van der Waals surface area (Å²) in [5.41, 5.74) is 1.08. The van der Waals surface area contributed by atoms with Crippen molar-refractivity contribution in [1.29, 1.82) is 0 Å². The van der Waals surface area contributed by atoms with Crippen LogP contribution < -0.4 is 4.74 Å². The van der Waals surface area contributed by atoms with Gasteiger partial charge >= 0.3 is 0 Å². The fraction of sp³-hybridized carbons (Fsp3) is 0.429. The van der Waals surface area contributed by atoms with Crippen molar-refractivity contribution in [2.75, 3.05) is 20.7 Å². The van der Waals surface area contributed by atoms with E-state index >= 15 is 0 Å². The molecule has 1 aromatic carbocycles. The Balaban J connectivity index is 2.52. The number of alkyl halides is 1. The lowest BCUT2D eigenvalue weighted by Gasteiger charge is -2.16. The van der Waals surface area contributed by atoms with E-state index in [1.165, 1.54) is 19.2 Å². The summed E-state index contributed by atoms with van der Waals surface area (Å²) in [6.07, 6.45) is 0. The molecule has 0 N–H and O–H groups in total. The number of carbonyl (C=O) groups is 1. The molecule has 0 atom stereocenters. The minimum absolute atomic E-state index is 0.0635. The normalized spacial score (nSPS) is 10.9. The van der Waals surface area contributed by atoms with Crippen LogP contribution in [0.1, 0.15) is 12.7 Å². The van der Waals surface area contributed by atoms with E-state index in [0.29, 0.717) is 23.4 Å². The molecule has 0 fully saturated rings. The number of fused-ring (bicyclic) bond motifs is 1. The molecule has 0 saturated heterocycles. The highest BCUT2D eigenvalue weighted by Crippen LogP contribution is 2.26. The Bertz CT molecular complexity index is 672. The summed E-state index contributed by atoms with van der Waals surface area (Å²) in [7, 11) is 3.12. The average Bonchev–Trinajstić information content (AvgIpc) is 2.82. The topological polar surface area (TPSA) is 47.4 Å². The summed E-state index contributed by atoms with van der Waals surface area (Å²) in [5, 5.41) is 0. The van der Waals surface area contributed by atoms with E-state index in [-0.39, 0.29) is 24.1 Å². The highest BCUT2D eigenvalue weighted by atomic mass is 35.5. The van der Waals surface area contributed by atoms with E-state index in [0.717, 1.165) is 0 Å². The van der Waals surface area contributed by atoms with Crippen LogP contribution in [0.2, 0.25) is 0 Å². The van der Waals surface area contributed by atoms with Crippen LogP contribution >= 0.6 is 11.6 Å². The predicted octanol–water partition coefficient (Wildman–Crippen LogP) is 2.40. The van der Waals surface area contributed by atoms with E-state index in [4.69, 9.17) is 16.3 Å². The number of imidazole rings is 1. The number of amides is 1. The lowest BCUT2D eigenvalue weighted by molar-refractivity contribution is -0.130.